The number of carbonyl (C=O) groups excluding carboxylic acids is 1. The van der Waals surface area contributed by atoms with Gasteiger partial charge in [-0.3, -0.25) is 25.0 Å². The zero-order chi connectivity index (χ0) is 20.6. The molecule has 1 rings (SSSR count). The number of nitro groups is 2. The van der Waals surface area contributed by atoms with Crippen LogP contribution < -0.4 is 17.2 Å². The van der Waals surface area contributed by atoms with Crippen LogP contribution in [0.2, 0.25) is 0 Å². The van der Waals surface area contributed by atoms with Gasteiger partial charge in [0.15, 0.2) is 0 Å². The molecule has 1 aromatic carbocycles. The van der Waals surface area contributed by atoms with Gasteiger partial charge in [0.1, 0.15) is 26.7 Å². The number of hydrogen-bond acceptors (Lipinski definition) is 7. The molecule has 0 aromatic heterocycles. The van der Waals surface area contributed by atoms with Gasteiger partial charge in [-0.05, 0) is 11.8 Å². The largest absolute Gasteiger partial charge is 0.389 e. The standard InChI is InChI=1S/C14H17N5O5S2/c1-14(2,3)4-5-9(18(21)22)7(12(16)25)6(11(15)20)8(13(17)26)10(5)19(23)24/h4H2,1-3H3,(H2,15,20)(H2,16,25)(H2,17,26). The van der Waals surface area contributed by atoms with E-state index in [0.717, 1.165) is 0 Å². The van der Waals surface area contributed by atoms with Crippen molar-refractivity contribution in [3.05, 3.63) is 42.5 Å². The van der Waals surface area contributed by atoms with Crippen LogP contribution in [0.15, 0.2) is 0 Å². The Morgan fingerprint density at radius 2 is 1.27 bits per heavy atom. The Morgan fingerprint density at radius 3 is 1.46 bits per heavy atom. The van der Waals surface area contributed by atoms with Crippen molar-refractivity contribution in [1.82, 2.24) is 0 Å². The molecule has 0 saturated carbocycles. The van der Waals surface area contributed by atoms with Gasteiger partial charge < -0.3 is 17.2 Å². The number of nitrogens with zero attached hydrogens (tertiary/aromatic N) is 2. The minimum atomic E-state index is -1.22. The predicted octanol–water partition coefficient (Wildman–Crippen LogP) is 1.46. The average Bonchev–Trinajstić information content (AvgIpc) is 2.42. The van der Waals surface area contributed by atoms with Crippen molar-refractivity contribution >= 4 is 51.7 Å². The second-order valence-corrected chi connectivity index (χ2v) is 7.52. The van der Waals surface area contributed by atoms with Crippen molar-refractivity contribution in [2.75, 3.05) is 0 Å². The lowest BCUT2D eigenvalue weighted by Crippen LogP contribution is -2.29. The Morgan fingerprint density at radius 1 is 0.923 bits per heavy atom. The zero-order valence-corrected chi connectivity index (χ0v) is 15.8. The van der Waals surface area contributed by atoms with Gasteiger partial charge in [-0.25, -0.2) is 0 Å². The summed E-state index contributed by atoms with van der Waals surface area (Å²) in [6, 6.07) is 0. The summed E-state index contributed by atoms with van der Waals surface area (Å²) in [5, 5.41) is 23.4. The molecule has 12 heteroatoms. The van der Waals surface area contributed by atoms with Gasteiger partial charge in [0.05, 0.1) is 15.4 Å². The van der Waals surface area contributed by atoms with E-state index >= 15 is 0 Å². The highest BCUT2D eigenvalue weighted by Crippen LogP contribution is 2.41. The monoisotopic (exact) mass is 399 g/mol. The Kier molecular flexibility index (Phi) is 5.95. The number of benzene rings is 1. The van der Waals surface area contributed by atoms with Crippen molar-refractivity contribution in [1.29, 1.82) is 0 Å². The Hall–Kier alpha value is -2.73. The average molecular weight is 399 g/mol. The van der Waals surface area contributed by atoms with E-state index in [9.17, 15) is 25.0 Å². The van der Waals surface area contributed by atoms with E-state index in [0.29, 0.717) is 0 Å². The van der Waals surface area contributed by atoms with Crippen molar-refractivity contribution < 1.29 is 14.6 Å². The van der Waals surface area contributed by atoms with Crippen molar-refractivity contribution in [2.24, 2.45) is 22.6 Å². The summed E-state index contributed by atoms with van der Waals surface area (Å²) < 4.78 is 0. The number of rotatable bonds is 6. The number of nitrogens with two attached hydrogens (primary N) is 3. The molecule has 0 spiro atoms. The van der Waals surface area contributed by atoms with Gasteiger partial charge in [0.25, 0.3) is 17.3 Å². The van der Waals surface area contributed by atoms with Gasteiger partial charge in [-0.1, -0.05) is 45.2 Å². The highest BCUT2D eigenvalue weighted by atomic mass is 32.1. The highest BCUT2D eigenvalue weighted by molar-refractivity contribution is 7.81. The number of primary amides is 1. The van der Waals surface area contributed by atoms with Crippen LogP contribution in [0, 0.1) is 25.6 Å². The second kappa shape index (κ2) is 7.25. The van der Waals surface area contributed by atoms with Gasteiger partial charge in [0, 0.05) is 0 Å². The van der Waals surface area contributed by atoms with Crippen LogP contribution in [-0.2, 0) is 6.42 Å². The molecule has 0 unspecified atom stereocenters. The van der Waals surface area contributed by atoms with E-state index in [1.54, 1.807) is 20.8 Å². The third kappa shape index (κ3) is 4.08. The first-order chi connectivity index (χ1) is 11.7. The molecule has 0 aliphatic rings. The van der Waals surface area contributed by atoms with Crippen LogP contribution in [0.1, 0.15) is 47.8 Å². The number of amides is 1. The smallest absolute Gasteiger partial charge is 0.290 e. The molecular weight excluding hydrogens is 382 g/mol. The minimum Gasteiger partial charge on any atom is -0.389 e. The van der Waals surface area contributed by atoms with E-state index in [1.165, 1.54) is 0 Å². The zero-order valence-electron chi connectivity index (χ0n) is 14.2. The lowest BCUT2D eigenvalue weighted by molar-refractivity contribution is -0.395. The van der Waals surface area contributed by atoms with Crippen molar-refractivity contribution in [2.45, 2.75) is 27.2 Å². The van der Waals surface area contributed by atoms with E-state index in [-0.39, 0.29) is 12.0 Å². The van der Waals surface area contributed by atoms with E-state index in [4.69, 9.17) is 41.6 Å². The number of carbonyl (C=O) groups is 1. The quantitative estimate of drug-likeness (QED) is 0.362. The molecule has 0 aliphatic carbocycles. The Labute approximate surface area is 159 Å². The predicted molar refractivity (Wildman–Crippen MR) is 103 cm³/mol. The fourth-order valence-electron chi connectivity index (χ4n) is 2.60. The molecule has 0 saturated heterocycles. The lowest BCUT2D eigenvalue weighted by atomic mass is 9.82. The van der Waals surface area contributed by atoms with E-state index in [2.05, 4.69) is 0 Å². The molecule has 0 fully saturated rings. The number of thiocarbonyl (C=S) groups is 2. The molecule has 140 valence electrons. The second-order valence-electron chi connectivity index (χ2n) is 6.65. The molecule has 1 aromatic rings. The maximum atomic E-state index is 11.9. The van der Waals surface area contributed by atoms with Crippen LogP contribution in [-0.4, -0.2) is 25.7 Å². The first kappa shape index (κ1) is 21.3. The van der Waals surface area contributed by atoms with Crippen LogP contribution in [0.5, 0.6) is 0 Å². The van der Waals surface area contributed by atoms with Gasteiger partial charge in [0.2, 0.25) is 0 Å². The molecule has 0 bridgehead atoms. The summed E-state index contributed by atoms with van der Waals surface area (Å²) in [5.74, 6) is -1.22. The number of nitro benzene ring substituents is 2. The molecule has 0 aliphatic heterocycles. The third-order valence-electron chi connectivity index (χ3n) is 3.36. The number of hydrogen-bond donors (Lipinski definition) is 3. The third-order valence-corrected chi connectivity index (χ3v) is 3.77. The maximum absolute atomic E-state index is 11.9. The molecule has 10 nitrogen and oxygen atoms in total. The molecule has 6 N–H and O–H groups in total. The highest BCUT2D eigenvalue weighted by Gasteiger charge is 2.41. The van der Waals surface area contributed by atoms with Crippen molar-refractivity contribution in [3.8, 4) is 0 Å². The molecule has 26 heavy (non-hydrogen) atoms. The molecule has 0 atom stereocenters. The Balaban J connectivity index is 4.40. The molecule has 0 heterocycles. The lowest BCUT2D eigenvalue weighted by Gasteiger charge is -2.21. The van der Waals surface area contributed by atoms with E-state index in [1.807, 2.05) is 0 Å². The normalized spacial score (nSPS) is 11.0. The van der Waals surface area contributed by atoms with Crippen LogP contribution in [0.3, 0.4) is 0 Å². The van der Waals surface area contributed by atoms with Crippen LogP contribution >= 0.6 is 24.4 Å². The maximum Gasteiger partial charge on any atom is 0.290 e. The first-order valence-electron chi connectivity index (χ1n) is 7.11. The van der Waals surface area contributed by atoms with E-state index < -0.39 is 59.2 Å². The van der Waals surface area contributed by atoms with Crippen LogP contribution in [0.25, 0.3) is 0 Å². The topological polar surface area (TPSA) is 181 Å². The van der Waals surface area contributed by atoms with Gasteiger partial charge in [-0.2, -0.15) is 0 Å². The fourth-order valence-corrected chi connectivity index (χ4v) is 3.00. The summed E-state index contributed by atoms with van der Waals surface area (Å²) in [4.78, 5) is 32.6. The molecular formula is C14H17N5O5S2. The molecule has 0 radical (unpaired) electrons. The summed E-state index contributed by atoms with van der Waals surface area (Å²) in [5.41, 5.74) is 12.5. The summed E-state index contributed by atoms with van der Waals surface area (Å²) in [7, 11) is 0. The summed E-state index contributed by atoms with van der Waals surface area (Å²) >= 11 is 9.69. The van der Waals surface area contributed by atoms with Crippen LogP contribution in [0.4, 0.5) is 11.4 Å². The van der Waals surface area contributed by atoms with Gasteiger partial charge in [-0.15, -0.1) is 0 Å². The van der Waals surface area contributed by atoms with Crippen molar-refractivity contribution in [3.63, 3.8) is 0 Å². The Bertz CT molecular complexity index is 807. The first-order valence-corrected chi connectivity index (χ1v) is 7.93. The summed E-state index contributed by atoms with van der Waals surface area (Å²) in [6.45, 7) is 5.18. The van der Waals surface area contributed by atoms with Gasteiger partial charge >= 0.3 is 0 Å². The summed E-state index contributed by atoms with van der Waals surface area (Å²) in [6.07, 6.45) is -0.0934. The molecule has 1 amide bonds. The SMILES string of the molecule is CC(C)(C)Cc1c([N+](=O)[O-])c(C(N)=S)c(C(N)=O)c(C(N)=S)c1[N+](=O)[O-]. The fraction of sp³-hybridized carbons (Fsp3) is 0.357. The minimum absolute atomic E-state index is 0.0934.